The number of carbonyl (C=O) groups excluding carboxylic acids is 1. The van der Waals surface area contributed by atoms with E-state index in [1.54, 1.807) is 14.0 Å². The van der Waals surface area contributed by atoms with Crippen LogP contribution in [0.25, 0.3) is 0 Å². The maximum Gasteiger partial charge on any atom is 0.331 e. The van der Waals surface area contributed by atoms with Crippen molar-refractivity contribution in [3.8, 4) is 0 Å². The summed E-state index contributed by atoms with van der Waals surface area (Å²) in [4.78, 5) is 36.3. The zero-order chi connectivity index (χ0) is 14.6. The number of aliphatic hydroxyl groups is 1. The normalized spacial score (nSPS) is 12.2. The van der Waals surface area contributed by atoms with E-state index in [0.29, 0.717) is 13.0 Å². The Morgan fingerprint density at radius 3 is 2.68 bits per heavy atom. The molecule has 1 rings (SSSR count). The van der Waals surface area contributed by atoms with Gasteiger partial charge in [-0.2, -0.15) is 0 Å². The molecule has 1 N–H and O–H groups in total. The van der Waals surface area contributed by atoms with Crippen LogP contribution in [-0.2, 0) is 18.4 Å². The molecule has 0 saturated carbocycles. The summed E-state index contributed by atoms with van der Waals surface area (Å²) in [5.41, 5.74) is -0.930. The number of likely N-dealkylation sites (N-methyl/N-ethyl adjacent to an activating group) is 1. The summed E-state index contributed by atoms with van der Waals surface area (Å²) in [5, 5.41) is 9.15. The van der Waals surface area contributed by atoms with Gasteiger partial charge in [0, 0.05) is 32.9 Å². The monoisotopic (exact) mass is 269 g/mol. The summed E-state index contributed by atoms with van der Waals surface area (Å²) >= 11 is 0. The van der Waals surface area contributed by atoms with Crippen LogP contribution >= 0.6 is 0 Å². The molecule has 0 aliphatic heterocycles. The van der Waals surface area contributed by atoms with E-state index < -0.39 is 17.4 Å². The number of rotatable bonds is 5. The predicted molar refractivity (Wildman–Crippen MR) is 69.9 cm³/mol. The number of nitrogens with zero attached hydrogens (tertiary/aromatic N) is 3. The van der Waals surface area contributed by atoms with Gasteiger partial charge in [0.15, 0.2) is 0 Å². The molecule has 1 aromatic rings. The molecule has 1 unspecified atom stereocenters. The molecule has 0 aromatic carbocycles. The third kappa shape index (κ3) is 4.06. The van der Waals surface area contributed by atoms with Crippen LogP contribution in [0.3, 0.4) is 0 Å². The summed E-state index contributed by atoms with van der Waals surface area (Å²) in [5.74, 6) is -0.249. The fourth-order valence-electron chi connectivity index (χ4n) is 1.51. The second-order valence-electron chi connectivity index (χ2n) is 4.58. The van der Waals surface area contributed by atoms with E-state index in [4.69, 9.17) is 5.11 Å². The largest absolute Gasteiger partial charge is 0.393 e. The summed E-state index contributed by atoms with van der Waals surface area (Å²) in [6.45, 7) is 1.94. The Kier molecular flexibility index (Phi) is 5.05. The maximum absolute atomic E-state index is 11.9. The van der Waals surface area contributed by atoms with Crippen molar-refractivity contribution in [3.63, 3.8) is 0 Å². The topological polar surface area (TPSA) is 84.5 Å². The lowest BCUT2D eigenvalue weighted by Gasteiger charge is -2.18. The summed E-state index contributed by atoms with van der Waals surface area (Å²) in [7, 11) is 2.97. The first kappa shape index (κ1) is 15.2. The number of aromatic nitrogens is 2. The van der Waals surface area contributed by atoms with Crippen LogP contribution in [0.1, 0.15) is 13.3 Å². The number of carbonyl (C=O) groups is 1. The lowest BCUT2D eigenvalue weighted by atomic mass is 10.3. The number of hydrogen-bond acceptors (Lipinski definition) is 4. The van der Waals surface area contributed by atoms with Crippen molar-refractivity contribution in [2.45, 2.75) is 26.0 Å². The van der Waals surface area contributed by atoms with Crippen molar-refractivity contribution in [1.82, 2.24) is 14.0 Å². The van der Waals surface area contributed by atoms with Crippen molar-refractivity contribution in [3.05, 3.63) is 33.1 Å². The molecule has 0 bridgehead atoms. The molecule has 1 atom stereocenters. The Morgan fingerprint density at radius 2 is 2.11 bits per heavy atom. The van der Waals surface area contributed by atoms with E-state index in [1.165, 1.54) is 28.8 Å². The van der Waals surface area contributed by atoms with E-state index in [-0.39, 0.29) is 12.5 Å². The van der Waals surface area contributed by atoms with Gasteiger partial charge in [-0.25, -0.2) is 4.79 Å². The lowest BCUT2D eigenvalue weighted by Crippen LogP contribution is -2.41. The summed E-state index contributed by atoms with van der Waals surface area (Å²) < 4.78 is 2.13. The molecule has 0 saturated heterocycles. The molecule has 19 heavy (non-hydrogen) atoms. The van der Waals surface area contributed by atoms with Gasteiger partial charge in [0.2, 0.25) is 5.91 Å². The van der Waals surface area contributed by atoms with Crippen molar-refractivity contribution in [1.29, 1.82) is 0 Å². The minimum absolute atomic E-state index is 0.122. The van der Waals surface area contributed by atoms with Crippen molar-refractivity contribution in [2.75, 3.05) is 13.6 Å². The van der Waals surface area contributed by atoms with Gasteiger partial charge in [0.05, 0.1) is 6.10 Å². The first-order valence-corrected chi connectivity index (χ1v) is 6.01. The molecular formula is C12H19N3O4. The summed E-state index contributed by atoms with van der Waals surface area (Å²) in [6.07, 6.45) is 1.31. The number of aliphatic hydroxyl groups excluding tert-OH is 1. The SMILES string of the molecule is CC(O)CCN(C)C(=O)Cn1ccc(=O)n(C)c1=O. The van der Waals surface area contributed by atoms with E-state index in [1.807, 2.05) is 0 Å². The predicted octanol–water partition coefficient (Wildman–Crippen LogP) is -1.22. The van der Waals surface area contributed by atoms with Crippen LogP contribution in [0.4, 0.5) is 0 Å². The number of hydrogen-bond donors (Lipinski definition) is 1. The molecule has 1 amide bonds. The molecule has 1 heterocycles. The molecular weight excluding hydrogens is 250 g/mol. The zero-order valence-electron chi connectivity index (χ0n) is 11.4. The maximum atomic E-state index is 11.9. The van der Waals surface area contributed by atoms with Gasteiger partial charge < -0.3 is 10.0 Å². The first-order valence-electron chi connectivity index (χ1n) is 6.01. The Morgan fingerprint density at radius 1 is 1.47 bits per heavy atom. The van der Waals surface area contributed by atoms with Crippen LogP contribution in [0.15, 0.2) is 21.9 Å². The second-order valence-corrected chi connectivity index (χ2v) is 4.58. The fraction of sp³-hybridized carbons (Fsp3) is 0.583. The van der Waals surface area contributed by atoms with E-state index >= 15 is 0 Å². The molecule has 0 aliphatic rings. The quantitative estimate of drug-likeness (QED) is 0.726. The van der Waals surface area contributed by atoms with Gasteiger partial charge in [-0.05, 0) is 13.3 Å². The van der Waals surface area contributed by atoms with Gasteiger partial charge in [0.1, 0.15) is 6.54 Å². The van der Waals surface area contributed by atoms with Gasteiger partial charge in [-0.3, -0.25) is 18.7 Å². The smallest absolute Gasteiger partial charge is 0.331 e. The molecule has 106 valence electrons. The fourth-order valence-corrected chi connectivity index (χ4v) is 1.51. The van der Waals surface area contributed by atoms with Gasteiger partial charge in [-0.1, -0.05) is 0 Å². The highest BCUT2D eigenvalue weighted by atomic mass is 16.3. The highest BCUT2D eigenvalue weighted by Gasteiger charge is 2.12. The third-order valence-corrected chi connectivity index (χ3v) is 2.87. The molecule has 0 aliphatic carbocycles. The highest BCUT2D eigenvalue weighted by molar-refractivity contribution is 5.75. The molecule has 7 heteroatoms. The van der Waals surface area contributed by atoms with E-state index in [0.717, 1.165) is 4.57 Å². The minimum Gasteiger partial charge on any atom is -0.393 e. The van der Waals surface area contributed by atoms with E-state index in [2.05, 4.69) is 0 Å². The minimum atomic E-state index is -0.523. The number of amides is 1. The van der Waals surface area contributed by atoms with Gasteiger partial charge in [-0.15, -0.1) is 0 Å². The highest BCUT2D eigenvalue weighted by Crippen LogP contribution is 1.95. The molecule has 0 spiro atoms. The molecule has 0 radical (unpaired) electrons. The first-order chi connectivity index (χ1) is 8.82. The Labute approximate surface area is 110 Å². The van der Waals surface area contributed by atoms with Crippen molar-refractivity contribution in [2.24, 2.45) is 7.05 Å². The second kappa shape index (κ2) is 6.33. The molecule has 1 aromatic heterocycles. The van der Waals surface area contributed by atoms with Crippen LogP contribution < -0.4 is 11.2 Å². The van der Waals surface area contributed by atoms with E-state index in [9.17, 15) is 14.4 Å². The Bertz CT molecular complexity index is 559. The molecule has 7 nitrogen and oxygen atoms in total. The van der Waals surface area contributed by atoms with Gasteiger partial charge in [0.25, 0.3) is 5.56 Å². The third-order valence-electron chi connectivity index (χ3n) is 2.87. The average Bonchev–Trinajstić information content (AvgIpc) is 2.36. The standard InChI is InChI=1S/C12H19N3O4/c1-9(16)4-6-13(2)11(18)8-15-7-5-10(17)14(3)12(15)19/h5,7,9,16H,4,6,8H2,1-3H3. The van der Waals surface area contributed by atoms with Crippen LogP contribution in [0.5, 0.6) is 0 Å². The van der Waals surface area contributed by atoms with Gasteiger partial charge >= 0.3 is 5.69 Å². The van der Waals surface area contributed by atoms with Crippen LogP contribution in [0.2, 0.25) is 0 Å². The van der Waals surface area contributed by atoms with Crippen molar-refractivity contribution < 1.29 is 9.90 Å². The Hall–Kier alpha value is -1.89. The summed E-state index contributed by atoms with van der Waals surface area (Å²) in [6, 6.07) is 1.24. The van der Waals surface area contributed by atoms with Crippen LogP contribution in [-0.4, -0.2) is 44.7 Å². The lowest BCUT2D eigenvalue weighted by molar-refractivity contribution is -0.130. The zero-order valence-corrected chi connectivity index (χ0v) is 11.4. The molecule has 0 fully saturated rings. The Balaban J connectivity index is 2.75. The average molecular weight is 269 g/mol. The van der Waals surface area contributed by atoms with Crippen LogP contribution in [0, 0.1) is 0 Å². The van der Waals surface area contributed by atoms with Crippen molar-refractivity contribution >= 4 is 5.91 Å².